The van der Waals surface area contributed by atoms with E-state index in [-0.39, 0.29) is 35.2 Å². The maximum absolute atomic E-state index is 13.1. The van der Waals surface area contributed by atoms with Gasteiger partial charge in [-0.05, 0) is 31.1 Å². The summed E-state index contributed by atoms with van der Waals surface area (Å²) in [4.78, 5) is 26.1. The molecule has 4 atom stereocenters. The van der Waals surface area contributed by atoms with Gasteiger partial charge in [-0.15, -0.1) is 0 Å². The predicted octanol–water partition coefficient (Wildman–Crippen LogP) is 4.43. The molecule has 2 rings (SSSR count). The molecule has 4 nitrogen and oxygen atoms in total. The molecule has 0 heterocycles. The highest BCUT2D eigenvalue weighted by Crippen LogP contribution is 2.42. The summed E-state index contributed by atoms with van der Waals surface area (Å²) in [5.41, 5.74) is 1.54. The third-order valence-corrected chi connectivity index (χ3v) is 5.86. The van der Waals surface area contributed by atoms with Crippen molar-refractivity contribution in [2.45, 2.75) is 53.2 Å². The van der Waals surface area contributed by atoms with E-state index in [9.17, 15) is 14.7 Å². The van der Waals surface area contributed by atoms with Gasteiger partial charge in [0, 0.05) is 25.0 Å². The van der Waals surface area contributed by atoms with Crippen LogP contribution in [0.25, 0.3) is 0 Å². The van der Waals surface area contributed by atoms with E-state index in [1.165, 1.54) is 7.11 Å². The van der Waals surface area contributed by atoms with Crippen molar-refractivity contribution in [3.8, 4) is 0 Å². The summed E-state index contributed by atoms with van der Waals surface area (Å²) in [6.07, 6.45) is 3.12. The van der Waals surface area contributed by atoms with Crippen molar-refractivity contribution in [1.29, 1.82) is 0 Å². The lowest BCUT2D eigenvalue weighted by Crippen LogP contribution is -2.39. The van der Waals surface area contributed by atoms with Crippen LogP contribution in [0.1, 0.15) is 57.3 Å². The lowest BCUT2D eigenvalue weighted by Gasteiger charge is -2.38. The summed E-state index contributed by atoms with van der Waals surface area (Å²) in [6, 6.07) is 8.87. The largest absolute Gasteiger partial charge is 0.367 e. The quantitative estimate of drug-likeness (QED) is 0.417. The molecule has 0 spiro atoms. The number of benzene rings is 1. The number of ether oxygens (including phenoxy) is 1. The Hall–Kier alpha value is -1.78. The molecule has 4 heteroatoms. The molecule has 0 radical (unpaired) electrons. The molecular formula is C23H32O4. The molecule has 1 aliphatic carbocycles. The minimum absolute atomic E-state index is 0.0888. The number of methoxy groups -OCH3 is 1. The van der Waals surface area contributed by atoms with Crippen LogP contribution in [0.15, 0.2) is 42.0 Å². The second-order valence-electron chi connectivity index (χ2n) is 8.44. The Morgan fingerprint density at radius 1 is 1.26 bits per heavy atom. The van der Waals surface area contributed by atoms with E-state index in [2.05, 4.69) is 19.9 Å². The van der Waals surface area contributed by atoms with E-state index in [1.54, 1.807) is 24.3 Å². The number of allylic oxidation sites excluding steroid dienone is 2. The molecule has 1 N–H and O–H groups in total. The maximum Gasteiger partial charge on any atom is 0.171 e. The molecule has 0 fully saturated rings. The first-order chi connectivity index (χ1) is 12.7. The normalized spacial score (nSPS) is 22.4. The number of aliphatic hydroxyl groups excluding tert-OH is 1. The zero-order chi connectivity index (χ0) is 20.2. The first-order valence-electron chi connectivity index (χ1n) is 9.68. The van der Waals surface area contributed by atoms with Crippen molar-refractivity contribution >= 4 is 11.6 Å². The van der Waals surface area contributed by atoms with Gasteiger partial charge >= 0.3 is 0 Å². The Labute approximate surface area is 162 Å². The molecule has 148 valence electrons. The smallest absolute Gasteiger partial charge is 0.171 e. The van der Waals surface area contributed by atoms with Crippen LogP contribution in [0.3, 0.4) is 0 Å². The van der Waals surface area contributed by atoms with Crippen molar-refractivity contribution in [2.75, 3.05) is 7.11 Å². The Morgan fingerprint density at radius 3 is 2.44 bits per heavy atom. The third-order valence-electron chi connectivity index (χ3n) is 5.86. The summed E-state index contributed by atoms with van der Waals surface area (Å²) in [5, 5.41) is 10.3. The van der Waals surface area contributed by atoms with Gasteiger partial charge in [-0.25, -0.2) is 0 Å². The summed E-state index contributed by atoms with van der Waals surface area (Å²) >= 11 is 0. The van der Waals surface area contributed by atoms with E-state index in [0.29, 0.717) is 5.56 Å². The minimum Gasteiger partial charge on any atom is -0.367 e. The first-order valence-corrected chi connectivity index (χ1v) is 9.68. The fourth-order valence-corrected chi connectivity index (χ4v) is 4.41. The first kappa shape index (κ1) is 21.5. The van der Waals surface area contributed by atoms with Crippen LogP contribution in [-0.4, -0.2) is 30.1 Å². The second kappa shape index (κ2) is 8.94. The van der Waals surface area contributed by atoms with Gasteiger partial charge in [-0.2, -0.15) is 0 Å². The monoisotopic (exact) mass is 372 g/mol. The standard InChI is InChI=1S/C23H32O4/c1-15-10-9-13-23(3,4)20(15)18(24)14-16(2)19(22(26)27-5)21(25)17-11-7-6-8-12-17/h6-8,10-12,16,19-20,22,26H,9,13-14H2,1-5H3. The highest BCUT2D eigenvalue weighted by atomic mass is 16.6. The van der Waals surface area contributed by atoms with Crippen LogP contribution in [0.2, 0.25) is 0 Å². The van der Waals surface area contributed by atoms with Crippen LogP contribution < -0.4 is 0 Å². The number of carbonyl (C=O) groups is 2. The van der Waals surface area contributed by atoms with Crippen LogP contribution in [0.4, 0.5) is 0 Å². The number of aliphatic hydroxyl groups is 1. The fourth-order valence-electron chi connectivity index (χ4n) is 4.41. The summed E-state index contributed by atoms with van der Waals surface area (Å²) in [7, 11) is 1.38. The van der Waals surface area contributed by atoms with Gasteiger partial charge < -0.3 is 9.84 Å². The lowest BCUT2D eigenvalue weighted by molar-refractivity contribution is -0.130. The predicted molar refractivity (Wildman–Crippen MR) is 106 cm³/mol. The number of hydrogen-bond acceptors (Lipinski definition) is 4. The second-order valence-corrected chi connectivity index (χ2v) is 8.44. The SMILES string of the molecule is COC(O)C(C(=O)c1ccccc1)C(C)CC(=O)C1C(C)=CCCC1(C)C. The zero-order valence-electron chi connectivity index (χ0n) is 17.1. The van der Waals surface area contributed by atoms with E-state index in [0.717, 1.165) is 18.4 Å². The number of hydrogen-bond donors (Lipinski definition) is 1. The highest BCUT2D eigenvalue weighted by molar-refractivity contribution is 5.98. The third kappa shape index (κ3) is 4.94. The van der Waals surface area contributed by atoms with Gasteiger partial charge in [0.25, 0.3) is 0 Å². The molecule has 0 saturated carbocycles. The van der Waals surface area contributed by atoms with E-state index >= 15 is 0 Å². The number of carbonyl (C=O) groups excluding carboxylic acids is 2. The van der Waals surface area contributed by atoms with Gasteiger partial charge in [-0.1, -0.05) is 62.8 Å². The van der Waals surface area contributed by atoms with Crippen LogP contribution >= 0.6 is 0 Å². The average molecular weight is 373 g/mol. The fraction of sp³-hybridized carbons (Fsp3) is 0.565. The van der Waals surface area contributed by atoms with Gasteiger partial charge in [0.05, 0.1) is 5.92 Å². The summed E-state index contributed by atoms with van der Waals surface area (Å²) in [6.45, 7) is 8.13. The van der Waals surface area contributed by atoms with Gasteiger partial charge in [-0.3, -0.25) is 9.59 Å². The molecule has 27 heavy (non-hydrogen) atoms. The molecule has 1 aromatic rings. The topological polar surface area (TPSA) is 63.6 Å². The average Bonchev–Trinajstić information content (AvgIpc) is 2.61. The van der Waals surface area contributed by atoms with Crippen LogP contribution in [0.5, 0.6) is 0 Å². The molecule has 0 aromatic heterocycles. The minimum atomic E-state index is -1.24. The van der Waals surface area contributed by atoms with Crippen molar-refractivity contribution in [1.82, 2.24) is 0 Å². The molecule has 0 aliphatic heterocycles. The molecule has 4 unspecified atom stereocenters. The number of ketones is 2. The number of rotatable bonds is 8. The van der Waals surface area contributed by atoms with Crippen molar-refractivity contribution in [3.05, 3.63) is 47.5 Å². The Balaban J connectivity index is 2.22. The molecule has 0 amide bonds. The van der Waals surface area contributed by atoms with Gasteiger partial charge in [0.1, 0.15) is 5.78 Å². The van der Waals surface area contributed by atoms with Crippen LogP contribution in [-0.2, 0) is 9.53 Å². The van der Waals surface area contributed by atoms with Gasteiger partial charge in [0.2, 0.25) is 0 Å². The summed E-state index contributed by atoms with van der Waals surface area (Å²) in [5.74, 6) is -1.31. The van der Waals surface area contributed by atoms with E-state index in [4.69, 9.17) is 4.74 Å². The summed E-state index contributed by atoms with van der Waals surface area (Å²) < 4.78 is 5.08. The zero-order valence-corrected chi connectivity index (χ0v) is 17.1. The van der Waals surface area contributed by atoms with E-state index < -0.39 is 12.2 Å². The molecule has 0 bridgehead atoms. The van der Waals surface area contributed by atoms with E-state index in [1.807, 2.05) is 19.9 Å². The molecule has 1 aliphatic rings. The Kier molecular flexibility index (Phi) is 7.12. The highest BCUT2D eigenvalue weighted by Gasteiger charge is 2.40. The molecule has 1 aromatic carbocycles. The Morgan fingerprint density at radius 2 is 1.89 bits per heavy atom. The van der Waals surface area contributed by atoms with Crippen LogP contribution in [0, 0.1) is 23.2 Å². The molecular weight excluding hydrogens is 340 g/mol. The number of Topliss-reactive ketones (excluding diaryl/α,β-unsaturated/α-hetero) is 2. The Bertz CT molecular complexity index is 690. The van der Waals surface area contributed by atoms with Crippen molar-refractivity contribution in [3.63, 3.8) is 0 Å². The van der Waals surface area contributed by atoms with Gasteiger partial charge in [0.15, 0.2) is 12.1 Å². The maximum atomic E-state index is 13.1. The van der Waals surface area contributed by atoms with Crippen molar-refractivity contribution < 1.29 is 19.4 Å². The lowest BCUT2D eigenvalue weighted by atomic mass is 9.65. The van der Waals surface area contributed by atoms with Crippen molar-refractivity contribution in [2.24, 2.45) is 23.2 Å². The molecule has 0 saturated heterocycles.